The summed E-state index contributed by atoms with van der Waals surface area (Å²) in [6.45, 7) is 0.317. The second-order valence-corrected chi connectivity index (χ2v) is 11.5. The summed E-state index contributed by atoms with van der Waals surface area (Å²) in [5, 5.41) is 18.9. The molecule has 39 heavy (non-hydrogen) atoms. The Kier molecular flexibility index (Phi) is 7.34. The highest BCUT2D eigenvalue weighted by Gasteiger charge is 2.45. The fourth-order valence-electron chi connectivity index (χ4n) is 5.58. The van der Waals surface area contributed by atoms with Crippen LogP contribution in [-0.2, 0) is 6.42 Å². The van der Waals surface area contributed by atoms with Crippen LogP contribution in [0.5, 0.6) is 5.75 Å². The lowest BCUT2D eigenvalue weighted by atomic mass is 9.73. The number of aliphatic hydroxyl groups excluding tert-OH is 1. The third-order valence-electron chi connectivity index (χ3n) is 7.86. The molecule has 1 saturated carbocycles. The predicted octanol–water partition coefficient (Wildman–Crippen LogP) is 5.13. The standard InChI is InChI=1S/C31H31BrN4O3/c32-22-10-12-28-23(17-22)26(18-31(39-28)13-5-14-31)34-19-27(37)25(16-20-6-2-1-3-7-20)36-30(38)24-11-9-21-8-4-15-33-29(21)35-24/h1-4,6-12,15,17,25-27,34,37H,5,13-14,16,18-19H2,(H,36,38)/t25-,26-,27-/m0/s1. The zero-order valence-corrected chi connectivity index (χ0v) is 23.1. The molecule has 0 saturated heterocycles. The van der Waals surface area contributed by atoms with Gasteiger partial charge in [-0.2, -0.15) is 0 Å². The first-order chi connectivity index (χ1) is 19.0. The van der Waals surface area contributed by atoms with Crippen molar-refractivity contribution in [2.45, 2.75) is 55.9 Å². The van der Waals surface area contributed by atoms with E-state index in [1.807, 2.05) is 60.7 Å². The van der Waals surface area contributed by atoms with Gasteiger partial charge in [0.25, 0.3) is 5.91 Å². The Morgan fingerprint density at radius 3 is 2.74 bits per heavy atom. The molecule has 200 valence electrons. The van der Waals surface area contributed by atoms with Crippen LogP contribution in [0.3, 0.4) is 0 Å². The van der Waals surface area contributed by atoms with Gasteiger partial charge in [0.15, 0.2) is 5.65 Å². The molecule has 1 spiro atoms. The molecule has 0 unspecified atom stereocenters. The molecule has 0 bridgehead atoms. The summed E-state index contributed by atoms with van der Waals surface area (Å²) >= 11 is 3.59. The van der Waals surface area contributed by atoms with Crippen molar-refractivity contribution in [3.05, 3.63) is 100 Å². The average Bonchev–Trinajstić information content (AvgIpc) is 2.94. The van der Waals surface area contributed by atoms with E-state index in [9.17, 15) is 9.90 Å². The minimum Gasteiger partial charge on any atom is -0.487 e. The van der Waals surface area contributed by atoms with Crippen molar-refractivity contribution in [1.29, 1.82) is 0 Å². The molecule has 2 aromatic carbocycles. The Labute approximate surface area is 236 Å². The average molecular weight is 588 g/mol. The number of carbonyl (C=O) groups excluding carboxylic acids is 1. The Morgan fingerprint density at radius 1 is 1.10 bits per heavy atom. The Bertz CT molecular complexity index is 1480. The van der Waals surface area contributed by atoms with E-state index in [1.165, 1.54) is 6.42 Å². The van der Waals surface area contributed by atoms with Crippen molar-refractivity contribution in [2.24, 2.45) is 0 Å². The highest BCUT2D eigenvalue weighted by atomic mass is 79.9. The first-order valence-corrected chi connectivity index (χ1v) is 14.2. The maximum atomic E-state index is 13.3. The van der Waals surface area contributed by atoms with Crippen molar-refractivity contribution >= 4 is 32.9 Å². The number of ether oxygens (including phenoxy) is 1. The van der Waals surface area contributed by atoms with Crippen LogP contribution in [0.1, 0.15) is 53.3 Å². The first-order valence-electron chi connectivity index (χ1n) is 13.4. The van der Waals surface area contributed by atoms with Crippen LogP contribution in [0.2, 0.25) is 0 Å². The summed E-state index contributed by atoms with van der Waals surface area (Å²) in [7, 11) is 0. The van der Waals surface area contributed by atoms with Crippen LogP contribution >= 0.6 is 15.9 Å². The molecule has 7 nitrogen and oxygen atoms in total. The van der Waals surface area contributed by atoms with Gasteiger partial charge in [-0.15, -0.1) is 0 Å². The molecule has 4 aromatic rings. The fourth-order valence-corrected chi connectivity index (χ4v) is 5.96. The summed E-state index contributed by atoms with van der Waals surface area (Å²) in [6, 6.07) is 22.8. The number of halogens is 1. The van der Waals surface area contributed by atoms with Gasteiger partial charge >= 0.3 is 0 Å². The van der Waals surface area contributed by atoms with Crippen molar-refractivity contribution in [3.63, 3.8) is 0 Å². The quantitative estimate of drug-likeness (QED) is 0.265. The molecular formula is C31H31BrN4O3. The molecule has 2 aliphatic rings. The van der Waals surface area contributed by atoms with E-state index < -0.39 is 12.1 Å². The van der Waals surface area contributed by atoms with Crippen molar-refractivity contribution in [1.82, 2.24) is 20.6 Å². The number of hydrogen-bond acceptors (Lipinski definition) is 6. The zero-order valence-electron chi connectivity index (χ0n) is 21.5. The lowest BCUT2D eigenvalue weighted by Crippen LogP contribution is -2.52. The Morgan fingerprint density at radius 2 is 1.95 bits per heavy atom. The summed E-state index contributed by atoms with van der Waals surface area (Å²) in [4.78, 5) is 22.0. The van der Waals surface area contributed by atoms with E-state index in [0.29, 0.717) is 18.6 Å². The summed E-state index contributed by atoms with van der Waals surface area (Å²) in [5.41, 5.74) is 2.78. The summed E-state index contributed by atoms with van der Waals surface area (Å²) in [5.74, 6) is 0.567. The maximum absolute atomic E-state index is 13.3. The minimum atomic E-state index is -0.830. The van der Waals surface area contributed by atoms with Gasteiger partial charge in [-0.3, -0.25) is 4.79 Å². The van der Waals surface area contributed by atoms with Crippen LogP contribution in [0.15, 0.2) is 83.5 Å². The van der Waals surface area contributed by atoms with Crippen molar-refractivity contribution < 1.29 is 14.6 Å². The normalized spacial score (nSPS) is 19.0. The molecule has 6 rings (SSSR count). The lowest BCUT2D eigenvalue weighted by Gasteiger charge is -2.48. The molecular weight excluding hydrogens is 556 g/mol. The van der Waals surface area contributed by atoms with E-state index in [2.05, 4.69) is 42.6 Å². The molecule has 2 aromatic heterocycles. The second kappa shape index (κ2) is 11.0. The molecule has 1 fully saturated rings. The first kappa shape index (κ1) is 25.9. The molecule has 8 heteroatoms. The van der Waals surface area contributed by atoms with Gasteiger partial charge in [-0.1, -0.05) is 46.3 Å². The van der Waals surface area contributed by atoms with E-state index in [1.54, 1.807) is 12.3 Å². The van der Waals surface area contributed by atoms with E-state index in [-0.39, 0.29) is 23.2 Å². The molecule has 3 heterocycles. The fraction of sp³-hybridized carbons (Fsp3) is 0.323. The van der Waals surface area contributed by atoms with E-state index in [0.717, 1.165) is 46.0 Å². The monoisotopic (exact) mass is 586 g/mol. The highest BCUT2D eigenvalue weighted by molar-refractivity contribution is 9.10. The van der Waals surface area contributed by atoms with Crippen LogP contribution in [0.4, 0.5) is 0 Å². The molecule has 1 aliphatic heterocycles. The SMILES string of the molecule is O=C(N[C@@H](Cc1ccccc1)[C@@H](O)CN[C@H]1CC2(CCC2)Oc2ccc(Br)cc21)c1ccc2cccnc2n1. The number of fused-ring (bicyclic) bond motifs is 2. The van der Waals surface area contributed by atoms with E-state index >= 15 is 0 Å². The Balaban J connectivity index is 1.20. The second-order valence-electron chi connectivity index (χ2n) is 10.6. The number of amides is 1. The number of rotatable bonds is 8. The van der Waals surface area contributed by atoms with Gasteiger partial charge in [-0.05, 0) is 73.7 Å². The topological polar surface area (TPSA) is 96.4 Å². The van der Waals surface area contributed by atoms with Crippen molar-refractivity contribution in [2.75, 3.05) is 6.54 Å². The number of carbonyl (C=O) groups is 1. The summed E-state index contributed by atoms with van der Waals surface area (Å²) in [6.07, 6.45) is 5.43. The van der Waals surface area contributed by atoms with E-state index in [4.69, 9.17) is 4.74 Å². The third-order valence-corrected chi connectivity index (χ3v) is 8.36. The van der Waals surface area contributed by atoms with Gasteiger partial charge in [0.2, 0.25) is 0 Å². The van der Waals surface area contributed by atoms with Crippen LogP contribution in [-0.4, -0.2) is 45.3 Å². The number of hydrogen-bond donors (Lipinski definition) is 3. The van der Waals surface area contributed by atoms with Gasteiger partial charge in [0, 0.05) is 40.6 Å². The largest absolute Gasteiger partial charge is 0.487 e. The van der Waals surface area contributed by atoms with Gasteiger partial charge in [0.05, 0.1) is 12.1 Å². The molecule has 1 amide bonds. The van der Waals surface area contributed by atoms with Crippen molar-refractivity contribution in [3.8, 4) is 5.75 Å². The number of nitrogens with one attached hydrogen (secondary N) is 2. The highest BCUT2D eigenvalue weighted by Crippen LogP contribution is 2.49. The van der Waals surface area contributed by atoms with Crippen LogP contribution < -0.4 is 15.4 Å². The predicted molar refractivity (Wildman–Crippen MR) is 154 cm³/mol. The number of nitrogens with zero attached hydrogens (tertiary/aromatic N) is 2. The smallest absolute Gasteiger partial charge is 0.270 e. The number of pyridine rings is 2. The molecule has 3 N–H and O–H groups in total. The lowest BCUT2D eigenvalue weighted by molar-refractivity contribution is -0.0382. The van der Waals surface area contributed by atoms with Crippen LogP contribution in [0.25, 0.3) is 11.0 Å². The molecule has 0 radical (unpaired) electrons. The molecule has 1 aliphatic carbocycles. The van der Waals surface area contributed by atoms with Gasteiger partial charge < -0.3 is 20.5 Å². The third kappa shape index (κ3) is 5.69. The number of benzene rings is 2. The number of aromatic nitrogens is 2. The van der Waals surface area contributed by atoms with Gasteiger partial charge in [-0.25, -0.2) is 9.97 Å². The number of aliphatic hydroxyl groups is 1. The van der Waals surface area contributed by atoms with Crippen LogP contribution in [0, 0.1) is 0 Å². The Hall–Kier alpha value is -3.33. The van der Waals surface area contributed by atoms with Gasteiger partial charge in [0.1, 0.15) is 17.0 Å². The minimum absolute atomic E-state index is 0.0440. The maximum Gasteiger partial charge on any atom is 0.270 e. The molecule has 3 atom stereocenters. The summed E-state index contributed by atoms with van der Waals surface area (Å²) < 4.78 is 7.41. The zero-order chi connectivity index (χ0) is 26.8.